The average Bonchev–Trinajstić information content (AvgIpc) is 2.89. The van der Waals surface area contributed by atoms with E-state index in [9.17, 15) is 0 Å². The van der Waals surface area contributed by atoms with Crippen LogP contribution in [-0.4, -0.2) is 29.0 Å². The van der Waals surface area contributed by atoms with Gasteiger partial charge in [0.15, 0.2) is 5.75 Å². The highest BCUT2D eigenvalue weighted by Gasteiger charge is 2.15. The SMILES string of the molecule is Clc1ccc(-n2cc(OC3CCCNC3)cn2)cc1. The second-order valence-electron chi connectivity index (χ2n) is 4.68. The van der Waals surface area contributed by atoms with Gasteiger partial charge in [0.25, 0.3) is 0 Å². The maximum atomic E-state index is 5.91. The van der Waals surface area contributed by atoms with Crippen molar-refractivity contribution in [3.8, 4) is 11.4 Å². The van der Waals surface area contributed by atoms with Crippen molar-refractivity contribution in [3.05, 3.63) is 41.7 Å². The molecular weight excluding hydrogens is 262 g/mol. The fourth-order valence-electron chi connectivity index (χ4n) is 2.22. The Balaban J connectivity index is 1.70. The van der Waals surface area contributed by atoms with Gasteiger partial charge in [-0.05, 0) is 43.7 Å². The Hall–Kier alpha value is -1.52. The number of piperidine rings is 1. The Morgan fingerprint density at radius 3 is 2.89 bits per heavy atom. The zero-order valence-corrected chi connectivity index (χ0v) is 11.3. The van der Waals surface area contributed by atoms with E-state index in [1.807, 2.05) is 30.5 Å². The van der Waals surface area contributed by atoms with Crippen molar-refractivity contribution in [2.75, 3.05) is 13.1 Å². The van der Waals surface area contributed by atoms with Crippen molar-refractivity contribution in [2.24, 2.45) is 0 Å². The van der Waals surface area contributed by atoms with Crippen LogP contribution in [-0.2, 0) is 0 Å². The number of hydrogen-bond acceptors (Lipinski definition) is 3. The minimum Gasteiger partial charge on any atom is -0.486 e. The fraction of sp³-hybridized carbons (Fsp3) is 0.357. The Bertz CT molecular complexity index is 532. The van der Waals surface area contributed by atoms with Gasteiger partial charge in [-0.1, -0.05) is 11.6 Å². The molecule has 5 heteroatoms. The number of aromatic nitrogens is 2. The molecule has 0 saturated carbocycles. The lowest BCUT2D eigenvalue weighted by atomic mass is 10.1. The molecule has 3 rings (SSSR count). The molecule has 4 nitrogen and oxygen atoms in total. The van der Waals surface area contributed by atoms with Gasteiger partial charge in [-0.25, -0.2) is 4.68 Å². The van der Waals surface area contributed by atoms with Crippen LogP contribution in [0.25, 0.3) is 5.69 Å². The predicted octanol–water partition coefficient (Wildman–Crippen LogP) is 2.66. The molecule has 1 atom stereocenters. The van der Waals surface area contributed by atoms with Gasteiger partial charge in [-0.15, -0.1) is 0 Å². The van der Waals surface area contributed by atoms with Crippen LogP contribution in [0.2, 0.25) is 5.02 Å². The van der Waals surface area contributed by atoms with E-state index in [0.29, 0.717) is 0 Å². The Morgan fingerprint density at radius 2 is 2.16 bits per heavy atom. The molecule has 1 unspecified atom stereocenters. The van der Waals surface area contributed by atoms with Crippen molar-refractivity contribution in [1.82, 2.24) is 15.1 Å². The zero-order chi connectivity index (χ0) is 13.1. The third-order valence-corrected chi connectivity index (χ3v) is 3.46. The molecule has 2 aromatic rings. The molecule has 1 aliphatic rings. The summed E-state index contributed by atoms with van der Waals surface area (Å²) in [6.45, 7) is 2.00. The molecule has 0 amide bonds. The van der Waals surface area contributed by atoms with Crippen molar-refractivity contribution >= 4 is 11.6 Å². The third kappa shape index (κ3) is 3.08. The molecule has 100 valence electrons. The Kier molecular flexibility index (Phi) is 3.71. The molecular formula is C14H16ClN3O. The molecule has 1 aromatic carbocycles. The van der Waals surface area contributed by atoms with Gasteiger partial charge in [0, 0.05) is 11.6 Å². The number of benzene rings is 1. The van der Waals surface area contributed by atoms with Crippen molar-refractivity contribution in [3.63, 3.8) is 0 Å². The number of nitrogens with one attached hydrogen (secondary N) is 1. The van der Waals surface area contributed by atoms with Crippen molar-refractivity contribution in [1.29, 1.82) is 0 Å². The predicted molar refractivity (Wildman–Crippen MR) is 75.1 cm³/mol. The fourth-order valence-corrected chi connectivity index (χ4v) is 2.34. The number of rotatable bonds is 3. The standard InChI is InChI=1S/C14H16ClN3O/c15-11-3-5-12(6-4-11)18-10-14(9-17-18)19-13-2-1-7-16-8-13/h3-6,9-10,13,16H,1-2,7-8H2. The van der Waals surface area contributed by atoms with E-state index in [4.69, 9.17) is 16.3 Å². The van der Waals surface area contributed by atoms with Crippen LogP contribution >= 0.6 is 11.6 Å². The second-order valence-corrected chi connectivity index (χ2v) is 5.12. The van der Waals surface area contributed by atoms with Crippen molar-refractivity contribution < 1.29 is 4.74 Å². The van der Waals surface area contributed by atoms with Crippen LogP contribution in [0.1, 0.15) is 12.8 Å². The van der Waals surface area contributed by atoms with Crippen LogP contribution in [0.5, 0.6) is 5.75 Å². The van der Waals surface area contributed by atoms with E-state index in [-0.39, 0.29) is 6.10 Å². The lowest BCUT2D eigenvalue weighted by Crippen LogP contribution is -2.37. The number of ether oxygens (including phenoxy) is 1. The minimum absolute atomic E-state index is 0.247. The van der Waals surface area contributed by atoms with Crippen molar-refractivity contribution in [2.45, 2.75) is 18.9 Å². The van der Waals surface area contributed by atoms with Gasteiger partial charge >= 0.3 is 0 Å². The van der Waals surface area contributed by atoms with E-state index in [0.717, 1.165) is 42.4 Å². The number of halogens is 1. The first kappa shape index (κ1) is 12.5. The van der Waals surface area contributed by atoms with Crippen LogP contribution in [0.4, 0.5) is 0 Å². The summed E-state index contributed by atoms with van der Waals surface area (Å²) >= 11 is 5.87. The summed E-state index contributed by atoms with van der Waals surface area (Å²) in [4.78, 5) is 0. The molecule has 1 fully saturated rings. The molecule has 0 radical (unpaired) electrons. The van der Waals surface area contributed by atoms with E-state index in [1.54, 1.807) is 10.9 Å². The molecule has 1 saturated heterocycles. The van der Waals surface area contributed by atoms with Crippen LogP contribution in [0.3, 0.4) is 0 Å². The third-order valence-electron chi connectivity index (χ3n) is 3.20. The average molecular weight is 278 g/mol. The first-order valence-electron chi connectivity index (χ1n) is 6.49. The molecule has 0 aliphatic carbocycles. The summed E-state index contributed by atoms with van der Waals surface area (Å²) < 4.78 is 7.70. The van der Waals surface area contributed by atoms with E-state index < -0.39 is 0 Å². The molecule has 1 aliphatic heterocycles. The molecule has 0 bridgehead atoms. The van der Waals surface area contributed by atoms with Gasteiger partial charge in [0.2, 0.25) is 0 Å². The first-order valence-corrected chi connectivity index (χ1v) is 6.87. The van der Waals surface area contributed by atoms with Gasteiger partial charge in [0.1, 0.15) is 6.10 Å². The Morgan fingerprint density at radius 1 is 1.32 bits per heavy atom. The summed E-state index contributed by atoms with van der Waals surface area (Å²) in [5.41, 5.74) is 0.973. The van der Waals surface area contributed by atoms with Crippen LogP contribution in [0.15, 0.2) is 36.7 Å². The normalized spacial score (nSPS) is 19.3. The van der Waals surface area contributed by atoms with Gasteiger partial charge in [-0.3, -0.25) is 0 Å². The first-order chi connectivity index (χ1) is 9.31. The van der Waals surface area contributed by atoms with Gasteiger partial charge in [0.05, 0.1) is 18.1 Å². The Labute approximate surface area is 117 Å². The van der Waals surface area contributed by atoms with Crippen LogP contribution < -0.4 is 10.1 Å². The van der Waals surface area contributed by atoms with Crippen LogP contribution in [0, 0.1) is 0 Å². The molecule has 2 heterocycles. The lowest BCUT2D eigenvalue weighted by molar-refractivity contribution is 0.167. The van der Waals surface area contributed by atoms with Gasteiger partial charge < -0.3 is 10.1 Å². The smallest absolute Gasteiger partial charge is 0.158 e. The summed E-state index contributed by atoms with van der Waals surface area (Å²) in [5.74, 6) is 0.809. The lowest BCUT2D eigenvalue weighted by Gasteiger charge is -2.22. The maximum Gasteiger partial charge on any atom is 0.158 e. The second kappa shape index (κ2) is 5.63. The zero-order valence-electron chi connectivity index (χ0n) is 10.6. The summed E-state index contributed by atoms with van der Waals surface area (Å²) in [7, 11) is 0. The minimum atomic E-state index is 0.247. The molecule has 0 spiro atoms. The van der Waals surface area contributed by atoms with E-state index >= 15 is 0 Å². The highest BCUT2D eigenvalue weighted by molar-refractivity contribution is 6.30. The summed E-state index contributed by atoms with van der Waals surface area (Å²) in [5, 5.41) is 8.37. The molecule has 1 aromatic heterocycles. The number of nitrogens with zero attached hydrogens (tertiary/aromatic N) is 2. The number of hydrogen-bond donors (Lipinski definition) is 1. The van der Waals surface area contributed by atoms with Gasteiger partial charge in [-0.2, -0.15) is 5.10 Å². The highest BCUT2D eigenvalue weighted by atomic mass is 35.5. The molecule has 19 heavy (non-hydrogen) atoms. The molecule has 1 N–H and O–H groups in total. The van der Waals surface area contributed by atoms with E-state index in [1.165, 1.54) is 0 Å². The largest absolute Gasteiger partial charge is 0.486 e. The summed E-state index contributed by atoms with van der Waals surface area (Å²) in [6.07, 6.45) is 6.16. The maximum absolute atomic E-state index is 5.91. The monoisotopic (exact) mass is 277 g/mol. The highest BCUT2D eigenvalue weighted by Crippen LogP contribution is 2.18. The summed E-state index contributed by atoms with van der Waals surface area (Å²) in [6, 6.07) is 7.57. The van der Waals surface area contributed by atoms with E-state index in [2.05, 4.69) is 10.4 Å². The quantitative estimate of drug-likeness (QED) is 0.937. The topological polar surface area (TPSA) is 39.1 Å².